The summed E-state index contributed by atoms with van der Waals surface area (Å²) in [7, 11) is 0. The highest BCUT2D eigenvalue weighted by molar-refractivity contribution is 5.71. The Kier molecular flexibility index (Phi) is 3.70. The topological polar surface area (TPSA) is 85.2 Å². The zero-order valence-corrected chi connectivity index (χ0v) is 10.6. The SMILES string of the molecule is Cc1nnc(Oc2ccccc2CC(=O)O)nc1C. The van der Waals surface area contributed by atoms with Crippen LogP contribution in [0.15, 0.2) is 24.3 Å². The van der Waals surface area contributed by atoms with Crippen LogP contribution < -0.4 is 4.74 Å². The lowest BCUT2D eigenvalue weighted by Gasteiger charge is -2.08. The fraction of sp³-hybridized carbons (Fsp3) is 0.231. The number of carboxylic acid groups (broad SMARTS) is 1. The molecule has 6 heteroatoms. The van der Waals surface area contributed by atoms with Gasteiger partial charge in [-0.15, -0.1) is 5.10 Å². The highest BCUT2D eigenvalue weighted by Gasteiger charge is 2.10. The number of hydrogen-bond acceptors (Lipinski definition) is 5. The molecule has 0 aliphatic rings. The van der Waals surface area contributed by atoms with E-state index in [-0.39, 0.29) is 12.4 Å². The third-order valence-electron chi connectivity index (χ3n) is 2.59. The number of rotatable bonds is 4. The fourth-order valence-electron chi connectivity index (χ4n) is 1.49. The van der Waals surface area contributed by atoms with E-state index in [0.717, 1.165) is 11.4 Å². The minimum atomic E-state index is -0.921. The summed E-state index contributed by atoms with van der Waals surface area (Å²) in [6, 6.07) is 7.00. The van der Waals surface area contributed by atoms with Crippen LogP contribution in [0.3, 0.4) is 0 Å². The van der Waals surface area contributed by atoms with Gasteiger partial charge in [-0.1, -0.05) is 23.3 Å². The third-order valence-corrected chi connectivity index (χ3v) is 2.59. The normalized spacial score (nSPS) is 10.2. The van der Waals surface area contributed by atoms with Gasteiger partial charge in [0, 0.05) is 5.56 Å². The summed E-state index contributed by atoms with van der Waals surface area (Å²) in [5.41, 5.74) is 2.02. The lowest BCUT2D eigenvalue weighted by Crippen LogP contribution is -2.04. The summed E-state index contributed by atoms with van der Waals surface area (Å²) >= 11 is 0. The van der Waals surface area contributed by atoms with Crippen molar-refractivity contribution in [1.82, 2.24) is 15.2 Å². The van der Waals surface area contributed by atoms with Crippen molar-refractivity contribution in [3.05, 3.63) is 41.2 Å². The molecule has 0 atom stereocenters. The van der Waals surface area contributed by atoms with E-state index >= 15 is 0 Å². The van der Waals surface area contributed by atoms with Gasteiger partial charge in [-0.25, -0.2) is 0 Å². The summed E-state index contributed by atoms with van der Waals surface area (Å²) in [6.45, 7) is 3.61. The minimum absolute atomic E-state index is 0.112. The molecule has 1 N–H and O–H groups in total. The van der Waals surface area contributed by atoms with E-state index in [1.807, 2.05) is 0 Å². The highest BCUT2D eigenvalue weighted by Crippen LogP contribution is 2.23. The van der Waals surface area contributed by atoms with Gasteiger partial charge in [-0.05, 0) is 19.9 Å². The summed E-state index contributed by atoms with van der Waals surface area (Å²) in [4.78, 5) is 14.9. The Morgan fingerprint density at radius 1 is 1.21 bits per heavy atom. The monoisotopic (exact) mass is 259 g/mol. The second-order valence-electron chi connectivity index (χ2n) is 4.05. The number of carboxylic acids is 1. The molecule has 0 amide bonds. The molecule has 0 saturated heterocycles. The number of hydrogen-bond donors (Lipinski definition) is 1. The molecular formula is C13H13N3O3. The van der Waals surface area contributed by atoms with Crippen molar-refractivity contribution in [2.24, 2.45) is 0 Å². The second-order valence-corrected chi connectivity index (χ2v) is 4.05. The van der Waals surface area contributed by atoms with Gasteiger partial charge >= 0.3 is 12.0 Å². The molecule has 0 unspecified atom stereocenters. The molecular weight excluding hydrogens is 246 g/mol. The van der Waals surface area contributed by atoms with E-state index in [9.17, 15) is 4.79 Å². The maximum absolute atomic E-state index is 10.8. The first kappa shape index (κ1) is 12.9. The summed E-state index contributed by atoms with van der Waals surface area (Å²) < 4.78 is 5.50. The maximum atomic E-state index is 10.8. The number of aromatic nitrogens is 3. The molecule has 1 aromatic heterocycles. The van der Waals surface area contributed by atoms with Crippen LogP contribution in [0.25, 0.3) is 0 Å². The van der Waals surface area contributed by atoms with E-state index in [2.05, 4.69) is 15.2 Å². The molecule has 98 valence electrons. The molecule has 19 heavy (non-hydrogen) atoms. The van der Waals surface area contributed by atoms with Gasteiger partial charge in [-0.2, -0.15) is 4.98 Å². The van der Waals surface area contributed by atoms with Crippen molar-refractivity contribution in [2.45, 2.75) is 20.3 Å². The van der Waals surface area contributed by atoms with Crippen molar-refractivity contribution in [3.63, 3.8) is 0 Å². The molecule has 2 aromatic rings. The molecule has 0 saturated carbocycles. The van der Waals surface area contributed by atoms with E-state index in [4.69, 9.17) is 9.84 Å². The average Bonchev–Trinajstić information content (AvgIpc) is 2.36. The lowest BCUT2D eigenvalue weighted by atomic mass is 10.1. The van der Waals surface area contributed by atoms with Crippen molar-refractivity contribution >= 4 is 5.97 Å². The van der Waals surface area contributed by atoms with Gasteiger partial charge in [0.15, 0.2) is 0 Å². The van der Waals surface area contributed by atoms with Gasteiger partial charge in [0.2, 0.25) is 0 Å². The Morgan fingerprint density at radius 3 is 2.63 bits per heavy atom. The van der Waals surface area contributed by atoms with Crippen LogP contribution in [0.5, 0.6) is 11.8 Å². The zero-order valence-electron chi connectivity index (χ0n) is 10.6. The molecule has 6 nitrogen and oxygen atoms in total. The van der Waals surface area contributed by atoms with Gasteiger partial charge in [0.1, 0.15) is 5.75 Å². The Morgan fingerprint density at radius 2 is 1.95 bits per heavy atom. The number of aliphatic carboxylic acids is 1. The largest absolute Gasteiger partial charge is 0.481 e. The summed E-state index contributed by atoms with van der Waals surface area (Å²) in [6.07, 6.45) is -0.117. The first-order chi connectivity index (χ1) is 9.06. The van der Waals surface area contributed by atoms with Crippen LogP contribution in [-0.2, 0) is 11.2 Å². The molecule has 0 radical (unpaired) electrons. The number of aryl methyl sites for hydroxylation is 2. The molecule has 0 aliphatic carbocycles. The third kappa shape index (κ3) is 3.25. The van der Waals surface area contributed by atoms with E-state index in [1.165, 1.54) is 0 Å². The van der Waals surface area contributed by atoms with E-state index < -0.39 is 5.97 Å². The first-order valence-corrected chi connectivity index (χ1v) is 5.71. The molecule has 0 bridgehead atoms. The second kappa shape index (κ2) is 5.43. The molecule has 1 aromatic carbocycles. The Labute approximate surface area is 110 Å². The lowest BCUT2D eigenvalue weighted by molar-refractivity contribution is -0.136. The number of ether oxygens (including phenoxy) is 1. The van der Waals surface area contributed by atoms with Gasteiger partial charge in [0.25, 0.3) is 0 Å². The van der Waals surface area contributed by atoms with Crippen LogP contribution in [-0.4, -0.2) is 26.3 Å². The number of para-hydroxylation sites is 1. The van der Waals surface area contributed by atoms with Crippen LogP contribution >= 0.6 is 0 Å². The standard InChI is InChI=1S/C13H13N3O3/c1-8-9(2)15-16-13(14-8)19-11-6-4-3-5-10(11)7-12(17)18/h3-6H,7H2,1-2H3,(H,17,18). The Hall–Kier alpha value is -2.50. The zero-order chi connectivity index (χ0) is 13.8. The smallest absolute Gasteiger partial charge is 0.341 e. The van der Waals surface area contributed by atoms with Crippen molar-refractivity contribution in [2.75, 3.05) is 0 Å². The molecule has 0 aliphatic heterocycles. The van der Waals surface area contributed by atoms with Crippen molar-refractivity contribution < 1.29 is 14.6 Å². The van der Waals surface area contributed by atoms with E-state index in [1.54, 1.807) is 38.1 Å². The number of nitrogens with zero attached hydrogens (tertiary/aromatic N) is 3. The van der Waals surface area contributed by atoms with Crippen LogP contribution in [0.2, 0.25) is 0 Å². The van der Waals surface area contributed by atoms with E-state index in [0.29, 0.717) is 11.3 Å². The quantitative estimate of drug-likeness (QED) is 0.902. The van der Waals surface area contributed by atoms with Gasteiger partial charge in [-0.3, -0.25) is 4.79 Å². The number of benzene rings is 1. The fourth-order valence-corrected chi connectivity index (χ4v) is 1.49. The maximum Gasteiger partial charge on any atom is 0.341 e. The van der Waals surface area contributed by atoms with Crippen molar-refractivity contribution in [3.8, 4) is 11.8 Å². The molecule has 0 fully saturated rings. The van der Waals surface area contributed by atoms with Crippen LogP contribution in [0, 0.1) is 13.8 Å². The highest BCUT2D eigenvalue weighted by atomic mass is 16.5. The van der Waals surface area contributed by atoms with Gasteiger partial charge < -0.3 is 9.84 Å². The Balaban J connectivity index is 2.27. The minimum Gasteiger partial charge on any atom is -0.481 e. The molecule has 2 rings (SSSR count). The van der Waals surface area contributed by atoms with Crippen LogP contribution in [0.4, 0.5) is 0 Å². The predicted octanol–water partition coefficient (Wildman–Crippen LogP) is 1.91. The van der Waals surface area contributed by atoms with Gasteiger partial charge in [0.05, 0.1) is 17.8 Å². The number of carbonyl (C=O) groups is 1. The molecule has 0 spiro atoms. The summed E-state index contributed by atoms with van der Waals surface area (Å²) in [5, 5.41) is 16.6. The molecule has 1 heterocycles. The first-order valence-electron chi connectivity index (χ1n) is 5.71. The Bertz CT molecular complexity index is 614. The average molecular weight is 259 g/mol. The predicted molar refractivity (Wildman–Crippen MR) is 67.2 cm³/mol. The summed E-state index contributed by atoms with van der Waals surface area (Å²) in [5.74, 6) is -0.495. The van der Waals surface area contributed by atoms with Crippen molar-refractivity contribution in [1.29, 1.82) is 0 Å². The van der Waals surface area contributed by atoms with Crippen LogP contribution in [0.1, 0.15) is 17.0 Å².